The van der Waals surface area contributed by atoms with Crippen LogP contribution < -0.4 is 0 Å². The summed E-state index contributed by atoms with van der Waals surface area (Å²) in [7, 11) is -4.03. The number of esters is 1. The molecule has 124 valence electrons. The number of ether oxygens (including phenoxy) is 1. The van der Waals surface area contributed by atoms with Gasteiger partial charge in [-0.1, -0.05) is 18.2 Å². The molecule has 0 radical (unpaired) electrons. The zero-order chi connectivity index (χ0) is 17.5. The van der Waals surface area contributed by atoms with Crippen molar-refractivity contribution in [3.63, 3.8) is 0 Å². The maximum absolute atomic E-state index is 10.6. The standard InChI is InChI=1S/C8H9NO3.C7H8O3S/c1-6(10)12-5-7-2-3-8(11)4-9-7;1-6-4-2-3-5-7(6)11(8,9)10/h2-4,11H,5H2,1H3;2-5H,1H3,(H,8,9,10). The summed E-state index contributed by atoms with van der Waals surface area (Å²) in [5.41, 5.74) is 1.16. The summed E-state index contributed by atoms with van der Waals surface area (Å²) in [5, 5.41) is 8.86. The van der Waals surface area contributed by atoms with Gasteiger partial charge in [0, 0.05) is 6.92 Å². The molecule has 0 fully saturated rings. The van der Waals surface area contributed by atoms with E-state index in [1.165, 1.54) is 25.3 Å². The molecule has 1 aromatic carbocycles. The maximum Gasteiger partial charge on any atom is 0.303 e. The van der Waals surface area contributed by atoms with Crippen LogP contribution in [0.15, 0.2) is 47.5 Å². The van der Waals surface area contributed by atoms with Crippen LogP contribution >= 0.6 is 0 Å². The van der Waals surface area contributed by atoms with Gasteiger partial charge >= 0.3 is 5.97 Å². The summed E-state index contributed by atoms with van der Waals surface area (Å²) in [5.74, 6) is -0.244. The Labute approximate surface area is 134 Å². The third kappa shape index (κ3) is 6.90. The van der Waals surface area contributed by atoms with E-state index in [1.807, 2.05) is 0 Å². The van der Waals surface area contributed by atoms with Crippen LogP contribution in [-0.2, 0) is 26.3 Å². The third-order valence-corrected chi connectivity index (χ3v) is 3.62. The van der Waals surface area contributed by atoms with Gasteiger partial charge in [-0.25, -0.2) is 0 Å². The lowest BCUT2D eigenvalue weighted by molar-refractivity contribution is -0.142. The van der Waals surface area contributed by atoms with Crippen molar-refractivity contribution in [2.24, 2.45) is 0 Å². The number of aromatic nitrogens is 1. The average Bonchev–Trinajstić information content (AvgIpc) is 2.46. The molecule has 1 aromatic heterocycles. The van der Waals surface area contributed by atoms with Crippen molar-refractivity contribution in [1.29, 1.82) is 0 Å². The van der Waals surface area contributed by atoms with Crippen LogP contribution in [0.4, 0.5) is 0 Å². The molecular weight excluding hydrogens is 322 g/mol. The van der Waals surface area contributed by atoms with Gasteiger partial charge in [0.2, 0.25) is 0 Å². The molecule has 2 rings (SSSR count). The zero-order valence-corrected chi connectivity index (χ0v) is 13.4. The molecule has 0 unspecified atom stereocenters. The Bertz CT molecular complexity index is 756. The highest BCUT2D eigenvalue weighted by Gasteiger charge is 2.10. The molecule has 0 saturated heterocycles. The molecule has 0 atom stereocenters. The van der Waals surface area contributed by atoms with Crippen LogP contribution in [0.2, 0.25) is 0 Å². The largest absolute Gasteiger partial charge is 0.506 e. The molecule has 23 heavy (non-hydrogen) atoms. The number of benzene rings is 1. The lowest BCUT2D eigenvalue weighted by atomic mass is 10.2. The van der Waals surface area contributed by atoms with Gasteiger partial charge in [-0.2, -0.15) is 8.42 Å². The highest BCUT2D eigenvalue weighted by Crippen LogP contribution is 2.12. The number of nitrogens with zero attached hydrogens (tertiary/aromatic N) is 1. The van der Waals surface area contributed by atoms with Crippen molar-refractivity contribution in [1.82, 2.24) is 4.98 Å². The Morgan fingerprint density at radius 3 is 2.30 bits per heavy atom. The predicted octanol–water partition coefficient (Wildman–Crippen LogP) is 2.09. The second-order valence-corrected chi connectivity index (χ2v) is 5.92. The van der Waals surface area contributed by atoms with Crippen molar-refractivity contribution in [3.8, 4) is 5.75 Å². The number of aromatic hydroxyl groups is 1. The second-order valence-electron chi connectivity index (χ2n) is 4.53. The summed E-state index contributed by atoms with van der Waals surface area (Å²) in [6.07, 6.45) is 1.30. The molecule has 0 spiro atoms. The minimum absolute atomic E-state index is 0.0278. The molecule has 0 aliphatic carbocycles. The van der Waals surface area contributed by atoms with Crippen molar-refractivity contribution in [2.45, 2.75) is 25.3 Å². The number of carbonyl (C=O) groups excluding carboxylic acids is 1. The quantitative estimate of drug-likeness (QED) is 0.650. The van der Waals surface area contributed by atoms with E-state index in [9.17, 15) is 13.2 Å². The van der Waals surface area contributed by atoms with Gasteiger partial charge in [0.25, 0.3) is 10.1 Å². The summed E-state index contributed by atoms with van der Waals surface area (Å²) >= 11 is 0. The topological polar surface area (TPSA) is 114 Å². The molecule has 7 nitrogen and oxygen atoms in total. The normalized spacial score (nSPS) is 10.4. The van der Waals surface area contributed by atoms with E-state index < -0.39 is 10.1 Å². The Morgan fingerprint density at radius 2 is 1.87 bits per heavy atom. The number of hydrogen-bond acceptors (Lipinski definition) is 6. The van der Waals surface area contributed by atoms with E-state index in [1.54, 1.807) is 31.2 Å². The highest BCUT2D eigenvalue weighted by molar-refractivity contribution is 7.85. The van der Waals surface area contributed by atoms with E-state index >= 15 is 0 Å². The van der Waals surface area contributed by atoms with Crippen LogP contribution in [0.1, 0.15) is 18.2 Å². The molecule has 8 heteroatoms. The van der Waals surface area contributed by atoms with Gasteiger partial charge in [0.1, 0.15) is 12.4 Å². The fraction of sp³-hybridized carbons (Fsp3) is 0.200. The van der Waals surface area contributed by atoms with Crippen LogP contribution in [0, 0.1) is 6.92 Å². The number of hydrogen-bond donors (Lipinski definition) is 2. The van der Waals surface area contributed by atoms with E-state index in [0.29, 0.717) is 11.3 Å². The molecule has 0 aliphatic rings. The Morgan fingerprint density at radius 1 is 1.22 bits per heavy atom. The maximum atomic E-state index is 10.6. The van der Waals surface area contributed by atoms with E-state index in [4.69, 9.17) is 9.66 Å². The predicted molar refractivity (Wildman–Crippen MR) is 82.4 cm³/mol. The fourth-order valence-corrected chi connectivity index (χ4v) is 2.25. The number of pyridine rings is 1. The average molecular weight is 339 g/mol. The van der Waals surface area contributed by atoms with Gasteiger partial charge in [-0.15, -0.1) is 0 Å². The first-order valence-corrected chi connectivity index (χ1v) is 7.94. The number of carbonyl (C=O) groups is 1. The number of rotatable bonds is 3. The van der Waals surface area contributed by atoms with Crippen molar-refractivity contribution in [2.75, 3.05) is 0 Å². The van der Waals surface area contributed by atoms with E-state index in [2.05, 4.69) is 9.72 Å². The first-order valence-electron chi connectivity index (χ1n) is 6.50. The monoisotopic (exact) mass is 339 g/mol. The molecule has 1 heterocycles. The van der Waals surface area contributed by atoms with Gasteiger partial charge in [0.15, 0.2) is 0 Å². The molecule has 0 saturated carbocycles. The minimum atomic E-state index is -4.03. The van der Waals surface area contributed by atoms with Crippen molar-refractivity contribution < 1.29 is 27.6 Å². The van der Waals surface area contributed by atoms with Crippen LogP contribution in [0.25, 0.3) is 0 Å². The Hall–Kier alpha value is -2.45. The smallest absolute Gasteiger partial charge is 0.303 e. The van der Waals surface area contributed by atoms with E-state index in [0.717, 1.165) is 0 Å². The highest BCUT2D eigenvalue weighted by atomic mass is 32.2. The van der Waals surface area contributed by atoms with Crippen LogP contribution in [0.5, 0.6) is 5.75 Å². The summed E-state index contributed by atoms with van der Waals surface area (Å²) < 4.78 is 34.5. The third-order valence-electron chi connectivity index (χ3n) is 2.60. The first kappa shape index (κ1) is 18.6. The lowest BCUT2D eigenvalue weighted by Gasteiger charge is -2.00. The molecular formula is C15H17NO6S. The summed E-state index contributed by atoms with van der Waals surface area (Å²) in [6.45, 7) is 3.11. The number of aryl methyl sites for hydroxylation is 1. The fourth-order valence-electron chi connectivity index (χ4n) is 1.52. The Balaban J connectivity index is 0.000000231. The van der Waals surface area contributed by atoms with Gasteiger partial charge in [0.05, 0.1) is 16.8 Å². The van der Waals surface area contributed by atoms with Gasteiger partial charge < -0.3 is 9.84 Å². The van der Waals surface area contributed by atoms with Crippen LogP contribution in [0.3, 0.4) is 0 Å². The summed E-state index contributed by atoms with van der Waals surface area (Å²) in [4.78, 5) is 14.2. The van der Waals surface area contributed by atoms with Gasteiger partial charge in [-0.05, 0) is 30.7 Å². The van der Waals surface area contributed by atoms with Crippen LogP contribution in [-0.4, -0.2) is 29.0 Å². The van der Waals surface area contributed by atoms with Gasteiger partial charge in [-0.3, -0.25) is 14.3 Å². The molecule has 0 amide bonds. The van der Waals surface area contributed by atoms with Crippen molar-refractivity contribution >= 4 is 16.1 Å². The molecule has 2 N–H and O–H groups in total. The minimum Gasteiger partial charge on any atom is -0.506 e. The van der Waals surface area contributed by atoms with E-state index in [-0.39, 0.29) is 23.2 Å². The Kier molecular flexibility index (Phi) is 6.67. The first-order chi connectivity index (χ1) is 10.7. The zero-order valence-electron chi connectivity index (χ0n) is 12.6. The molecule has 0 aliphatic heterocycles. The molecule has 0 bridgehead atoms. The SMILES string of the molecule is CC(=O)OCc1ccc(O)cn1.Cc1ccccc1S(=O)(=O)O. The lowest BCUT2D eigenvalue weighted by Crippen LogP contribution is -1.99. The summed E-state index contributed by atoms with van der Waals surface area (Å²) in [6, 6.07) is 9.36. The van der Waals surface area contributed by atoms with Crippen molar-refractivity contribution in [3.05, 3.63) is 53.9 Å². The second kappa shape index (κ2) is 8.25. The molecule has 2 aromatic rings.